The van der Waals surface area contributed by atoms with Crippen molar-refractivity contribution in [3.05, 3.63) is 89.5 Å². The summed E-state index contributed by atoms with van der Waals surface area (Å²) >= 11 is 0. The Bertz CT molecular complexity index is 925. The topological polar surface area (TPSA) is 56.1 Å². The standard InChI is InChI=1S/C22H23N3O2/c1-16-4-6-17(7-5-16)8-13-20(26)24-21(22-23-14-15-25(22)2)18-9-11-19(27-3)12-10-18/h4-15,21H,1-3H3,(H,24,26)/b13-8+. The van der Waals surface area contributed by atoms with Gasteiger partial charge in [0.2, 0.25) is 5.91 Å². The van der Waals surface area contributed by atoms with Crippen molar-refractivity contribution in [1.82, 2.24) is 14.9 Å². The van der Waals surface area contributed by atoms with Gasteiger partial charge in [-0.1, -0.05) is 42.0 Å². The van der Waals surface area contributed by atoms with Crippen LogP contribution in [0.15, 0.2) is 67.0 Å². The van der Waals surface area contributed by atoms with E-state index in [0.717, 1.165) is 22.7 Å². The quantitative estimate of drug-likeness (QED) is 0.682. The van der Waals surface area contributed by atoms with E-state index in [1.165, 1.54) is 5.56 Å². The lowest BCUT2D eigenvalue weighted by atomic mass is 10.1. The number of nitrogens with zero attached hydrogens (tertiary/aromatic N) is 2. The summed E-state index contributed by atoms with van der Waals surface area (Å²) in [6.07, 6.45) is 6.93. The first kappa shape index (κ1) is 18.5. The van der Waals surface area contributed by atoms with Crippen LogP contribution in [0, 0.1) is 6.92 Å². The zero-order valence-corrected chi connectivity index (χ0v) is 15.7. The molecule has 1 N–H and O–H groups in total. The number of carbonyl (C=O) groups is 1. The van der Waals surface area contributed by atoms with E-state index in [0.29, 0.717) is 0 Å². The SMILES string of the molecule is COc1ccc(C(NC(=O)/C=C/c2ccc(C)cc2)c2nccn2C)cc1. The first-order valence-corrected chi connectivity index (χ1v) is 8.73. The molecule has 5 heteroatoms. The second-order valence-electron chi connectivity index (χ2n) is 6.36. The third kappa shape index (κ3) is 4.64. The third-order valence-corrected chi connectivity index (χ3v) is 4.36. The highest BCUT2D eigenvalue weighted by Gasteiger charge is 2.19. The fourth-order valence-corrected chi connectivity index (χ4v) is 2.79. The molecule has 138 valence electrons. The molecule has 5 nitrogen and oxygen atoms in total. The number of benzene rings is 2. The minimum Gasteiger partial charge on any atom is -0.497 e. The number of methoxy groups -OCH3 is 1. The van der Waals surface area contributed by atoms with Gasteiger partial charge in [0.1, 0.15) is 17.6 Å². The molecule has 0 aliphatic rings. The number of aryl methyl sites for hydroxylation is 2. The number of carbonyl (C=O) groups excluding carboxylic acids is 1. The van der Waals surface area contributed by atoms with Crippen LogP contribution >= 0.6 is 0 Å². The zero-order valence-electron chi connectivity index (χ0n) is 15.7. The lowest BCUT2D eigenvalue weighted by molar-refractivity contribution is -0.117. The van der Waals surface area contributed by atoms with E-state index in [1.807, 2.05) is 73.3 Å². The number of aromatic nitrogens is 2. The van der Waals surface area contributed by atoms with Gasteiger partial charge in [0.05, 0.1) is 7.11 Å². The van der Waals surface area contributed by atoms with Gasteiger partial charge in [0.15, 0.2) is 0 Å². The van der Waals surface area contributed by atoms with Gasteiger partial charge in [-0.3, -0.25) is 4.79 Å². The first-order valence-electron chi connectivity index (χ1n) is 8.73. The molecule has 0 fully saturated rings. The predicted octanol–water partition coefficient (Wildman–Crippen LogP) is 3.66. The van der Waals surface area contributed by atoms with Gasteiger partial charge in [0.25, 0.3) is 0 Å². The molecule has 2 aromatic carbocycles. The van der Waals surface area contributed by atoms with Gasteiger partial charge in [-0.05, 0) is 36.3 Å². The van der Waals surface area contributed by atoms with Crippen LogP contribution < -0.4 is 10.1 Å². The number of rotatable bonds is 6. The summed E-state index contributed by atoms with van der Waals surface area (Å²) in [5.41, 5.74) is 3.10. The van der Waals surface area contributed by atoms with Crippen molar-refractivity contribution in [2.75, 3.05) is 7.11 Å². The summed E-state index contributed by atoms with van der Waals surface area (Å²) in [5, 5.41) is 3.05. The van der Waals surface area contributed by atoms with E-state index in [9.17, 15) is 4.79 Å². The van der Waals surface area contributed by atoms with Crippen LogP contribution in [0.25, 0.3) is 6.08 Å². The normalized spacial score (nSPS) is 12.1. The maximum Gasteiger partial charge on any atom is 0.244 e. The van der Waals surface area contributed by atoms with E-state index in [4.69, 9.17) is 4.74 Å². The fraction of sp³-hybridized carbons (Fsp3) is 0.182. The van der Waals surface area contributed by atoms with E-state index in [1.54, 1.807) is 25.5 Å². The number of amides is 1. The van der Waals surface area contributed by atoms with Crippen LogP contribution in [-0.4, -0.2) is 22.6 Å². The van der Waals surface area contributed by atoms with E-state index >= 15 is 0 Å². The van der Waals surface area contributed by atoms with Crippen molar-refractivity contribution >= 4 is 12.0 Å². The summed E-state index contributed by atoms with van der Waals surface area (Å²) < 4.78 is 7.12. The molecule has 1 atom stereocenters. The smallest absolute Gasteiger partial charge is 0.244 e. The molecule has 0 spiro atoms. The second-order valence-corrected chi connectivity index (χ2v) is 6.36. The molecule has 3 rings (SSSR count). The lowest BCUT2D eigenvalue weighted by Crippen LogP contribution is -2.29. The maximum absolute atomic E-state index is 12.5. The van der Waals surface area contributed by atoms with Crippen LogP contribution in [0.3, 0.4) is 0 Å². The van der Waals surface area contributed by atoms with Gasteiger partial charge >= 0.3 is 0 Å². The van der Waals surface area contributed by atoms with E-state index < -0.39 is 0 Å². The van der Waals surface area contributed by atoms with Crippen LogP contribution in [0.5, 0.6) is 5.75 Å². The second kappa shape index (κ2) is 8.36. The Labute approximate surface area is 159 Å². The van der Waals surface area contributed by atoms with Crippen LogP contribution in [0.1, 0.15) is 28.6 Å². The Morgan fingerprint density at radius 3 is 2.44 bits per heavy atom. The lowest BCUT2D eigenvalue weighted by Gasteiger charge is -2.18. The van der Waals surface area contributed by atoms with Gasteiger partial charge < -0.3 is 14.6 Å². The number of imidazole rings is 1. The van der Waals surface area contributed by atoms with Gasteiger partial charge in [-0.25, -0.2) is 4.98 Å². The Hall–Kier alpha value is -3.34. The average Bonchev–Trinajstić information content (AvgIpc) is 3.11. The molecule has 0 saturated heterocycles. The molecular weight excluding hydrogens is 338 g/mol. The van der Waals surface area contributed by atoms with Crippen molar-refractivity contribution in [1.29, 1.82) is 0 Å². The highest BCUT2D eigenvalue weighted by molar-refractivity contribution is 5.92. The minimum absolute atomic E-state index is 0.181. The molecule has 0 aliphatic heterocycles. The summed E-state index contributed by atoms with van der Waals surface area (Å²) in [5.74, 6) is 1.35. The Morgan fingerprint density at radius 2 is 1.85 bits per heavy atom. The molecule has 0 aliphatic carbocycles. The van der Waals surface area contributed by atoms with E-state index in [-0.39, 0.29) is 11.9 Å². The van der Waals surface area contributed by atoms with Crippen LogP contribution in [0.2, 0.25) is 0 Å². The highest BCUT2D eigenvalue weighted by atomic mass is 16.5. The van der Waals surface area contributed by atoms with Gasteiger partial charge in [0, 0.05) is 25.5 Å². The monoisotopic (exact) mass is 361 g/mol. The van der Waals surface area contributed by atoms with E-state index in [2.05, 4.69) is 10.3 Å². The molecule has 1 unspecified atom stereocenters. The molecular formula is C22H23N3O2. The van der Waals surface area contributed by atoms with Gasteiger partial charge in [-0.2, -0.15) is 0 Å². The Morgan fingerprint density at radius 1 is 1.15 bits per heavy atom. The average molecular weight is 361 g/mol. The number of hydrogen-bond acceptors (Lipinski definition) is 3. The number of nitrogens with one attached hydrogen (secondary N) is 1. The fourth-order valence-electron chi connectivity index (χ4n) is 2.79. The number of ether oxygens (including phenoxy) is 1. The van der Waals surface area contributed by atoms with Crippen molar-refractivity contribution in [3.63, 3.8) is 0 Å². The Kier molecular flexibility index (Phi) is 5.71. The molecule has 0 bridgehead atoms. The van der Waals surface area contributed by atoms with Gasteiger partial charge in [-0.15, -0.1) is 0 Å². The van der Waals surface area contributed by atoms with Crippen molar-refractivity contribution in [3.8, 4) is 5.75 Å². The summed E-state index contributed by atoms with van der Waals surface area (Å²) in [6, 6.07) is 15.3. The highest BCUT2D eigenvalue weighted by Crippen LogP contribution is 2.23. The van der Waals surface area contributed by atoms with Crippen molar-refractivity contribution in [2.45, 2.75) is 13.0 Å². The summed E-state index contributed by atoms with van der Waals surface area (Å²) in [7, 11) is 3.54. The molecule has 1 amide bonds. The molecule has 3 aromatic rings. The largest absolute Gasteiger partial charge is 0.497 e. The molecule has 27 heavy (non-hydrogen) atoms. The van der Waals surface area contributed by atoms with Crippen molar-refractivity contribution in [2.24, 2.45) is 7.05 Å². The Balaban J connectivity index is 1.81. The van der Waals surface area contributed by atoms with Crippen LogP contribution in [-0.2, 0) is 11.8 Å². The predicted molar refractivity (Wildman–Crippen MR) is 106 cm³/mol. The zero-order chi connectivity index (χ0) is 19.2. The molecule has 0 saturated carbocycles. The molecule has 1 heterocycles. The summed E-state index contributed by atoms with van der Waals surface area (Å²) in [6.45, 7) is 2.03. The minimum atomic E-state index is -0.355. The number of hydrogen-bond donors (Lipinski definition) is 1. The van der Waals surface area contributed by atoms with Crippen LogP contribution in [0.4, 0.5) is 0 Å². The molecule has 1 aromatic heterocycles. The first-order chi connectivity index (χ1) is 13.1. The summed E-state index contributed by atoms with van der Waals surface area (Å²) in [4.78, 5) is 16.9. The maximum atomic E-state index is 12.5. The molecule has 0 radical (unpaired) electrons. The third-order valence-electron chi connectivity index (χ3n) is 4.36. The van der Waals surface area contributed by atoms with Crippen molar-refractivity contribution < 1.29 is 9.53 Å².